The third kappa shape index (κ3) is 3.02. The topological polar surface area (TPSA) is 112 Å². The van der Waals surface area contributed by atoms with E-state index in [0.29, 0.717) is 11.0 Å². The van der Waals surface area contributed by atoms with E-state index in [2.05, 4.69) is 20.3 Å². The quantitative estimate of drug-likeness (QED) is 0.872. The first-order valence-corrected chi connectivity index (χ1v) is 6.16. The normalized spacial score (nSPS) is 11.6. The number of nitrogens with one attached hydrogen (secondary N) is 1. The van der Waals surface area contributed by atoms with Crippen molar-refractivity contribution in [1.29, 1.82) is 5.26 Å². The second-order valence-corrected chi connectivity index (χ2v) is 4.51. The van der Waals surface area contributed by atoms with Gasteiger partial charge in [-0.2, -0.15) is 5.26 Å². The monoisotopic (exact) mass is 275 g/mol. The number of thiazole rings is 1. The molecule has 7 nitrogen and oxygen atoms in total. The van der Waals surface area contributed by atoms with E-state index in [-0.39, 0.29) is 17.4 Å². The molecule has 96 valence electrons. The molecule has 0 spiro atoms. The largest absolute Gasteiger partial charge is 0.476 e. The van der Waals surface area contributed by atoms with Crippen LogP contribution in [-0.4, -0.2) is 26.0 Å². The Morgan fingerprint density at radius 2 is 2.37 bits per heavy atom. The van der Waals surface area contributed by atoms with Crippen LogP contribution in [0.4, 0.5) is 5.95 Å². The van der Waals surface area contributed by atoms with Gasteiger partial charge in [0.2, 0.25) is 5.95 Å². The van der Waals surface area contributed by atoms with Crippen molar-refractivity contribution in [3.05, 3.63) is 34.0 Å². The number of carboxylic acid groups (broad SMARTS) is 1. The Bertz CT molecular complexity index is 649. The number of carbonyl (C=O) groups is 1. The molecule has 2 aromatic heterocycles. The van der Waals surface area contributed by atoms with E-state index in [1.54, 1.807) is 0 Å². The molecule has 0 saturated heterocycles. The maximum Gasteiger partial charge on any atom is 0.355 e. The summed E-state index contributed by atoms with van der Waals surface area (Å²) >= 11 is 1.24. The molecule has 0 aliphatic rings. The number of rotatable bonds is 4. The molecule has 0 radical (unpaired) electrons. The third-order valence-corrected chi connectivity index (χ3v) is 3.25. The van der Waals surface area contributed by atoms with Crippen LogP contribution in [0.5, 0.6) is 0 Å². The Kier molecular flexibility index (Phi) is 3.68. The average Bonchev–Trinajstić information content (AvgIpc) is 2.89. The standard InChI is InChI=1S/C11H9N5O2S/c1-6(9-16-8(5-19-9)10(17)18)14-11-13-3-2-7(4-12)15-11/h2-3,5-6H,1H3,(H,17,18)(H,13,14,15). The Morgan fingerprint density at radius 1 is 1.58 bits per heavy atom. The van der Waals surface area contributed by atoms with Gasteiger partial charge in [0, 0.05) is 11.6 Å². The highest BCUT2D eigenvalue weighted by molar-refractivity contribution is 7.09. The molecule has 19 heavy (non-hydrogen) atoms. The molecule has 2 rings (SSSR count). The highest BCUT2D eigenvalue weighted by atomic mass is 32.1. The molecule has 2 N–H and O–H groups in total. The highest BCUT2D eigenvalue weighted by Gasteiger charge is 2.14. The fourth-order valence-corrected chi connectivity index (χ4v) is 2.13. The van der Waals surface area contributed by atoms with Crippen LogP contribution in [0, 0.1) is 11.3 Å². The molecule has 2 heterocycles. The Balaban J connectivity index is 2.13. The van der Waals surface area contributed by atoms with E-state index in [1.165, 1.54) is 29.0 Å². The van der Waals surface area contributed by atoms with E-state index in [9.17, 15) is 4.79 Å². The van der Waals surface area contributed by atoms with Gasteiger partial charge < -0.3 is 10.4 Å². The lowest BCUT2D eigenvalue weighted by molar-refractivity contribution is 0.0691. The van der Waals surface area contributed by atoms with Gasteiger partial charge in [0.15, 0.2) is 5.69 Å². The van der Waals surface area contributed by atoms with Gasteiger partial charge in [0.25, 0.3) is 0 Å². The van der Waals surface area contributed by atoms with Crippen molar-refractivity contribution in [3.63, 3.8) is 0 Å². The molecule has 0 amide bonds. The molecule has 0 aliphatic heterocycles. The van der Waals surface area contributed by atoms with Crippen molar-refractivity contribution in [2.45, 2.75) is 13.0 Å². The minimum atomic E-state index is -1.06. The van der Waals surface area contributed by atoms with Crippen molar-refractivity contribution in [2.75, 3.05) is 5.32 Å². The smallest absolute Gasteiger partial charge is 0.355 e. The molecule has 2 aromatic rings. The van der Waals surface area contributed by atoms with E-state index in [1.807, 2.05) is 13.0 Å². The number of carboxylic acids is 1. The number of aromatic nitrogens is 3. The van der Waals surface area contributed by atoms with Crippen molar-refractivity contribution in [2.24, 2.45) is 0 Å². The molecule has 0 fully saturated rings. The predicted octanol–water partition coefficient (Wildman–Crippen LogP) is 1.68. The van der Waals surface area contributed by atoms with Crippen LogP contribution in [0.1, 0.15) is 34.2 Å². The third-order valence-electron chi connectivity index (χ3n) is 2.23. The fourth-order valence-electron chi connectivity index (χ4n) is 1.33. The summed E-state index contributed by atoms with van der Waals surface area (Å²) < 4.78 is 0. The molecule has 0 saturated carbocycles. The Labute approximate surface area is 112 Å². The molecule has 1 atom stereocenters. The summed E-state index contributed by atoms with van der Waals surface area (Å²) in [6.07, 6.45) is 1.48. The Hall–Kier alpha value is -2.53. The van der Waals surface area contributed by atoms with E-state index >= 15 is 0 Å². The van der Waals surface area contributed by atoms with Gasteiger partial charge >= 0.3 is 5.97 Å². The van der Waals surface area contributed by atoms with E-state index in [4.69, 9.17) is 10.4 Å². The van der Waals surface area contributed by atoms with Gasteiger partial charge in [-0.05, 0) is 13.0 Å². The minimum Gasteiger partial charge on any atom is -0.476 e. The molecule has 0 aromatic carbocycles. The summed E-state index contributed by atoms with van der Waals surface area (Å²) in [6, 6.07) is 3.18. The van der Waals surface area contributed by atoms with Gasteiger partial charge in [-0.25, -0.2) is 19.7 Å². The highest BCUT2D eigenvalue weighted by Crippen LogP contribution is 2.20. The zero-order valence-electron chi connectivity index (χ0n) is 9.86. The van der Waals surface area contributed by atoms with Crippen LogP contribution in [0.2, 0.25) is 0 Å². The first-order chi connectivity index (χ1) is 9.10. The molecular weight excluding hydrogens is 266 g/mol. The number of aromatic carboxylic acids is 1. The van der Waals surface area contributed by atoms with Gasteiger partial charge in [0.1, 0.15) is 16.8 Å². The molecule has 0 aliphatic carbocycles. The summed E-state index contributed by atoms with van der Waals surface area (Å²) in [4.78, 5) is 22.7. The van der Waals surface area contributed by atoms with Gasteiger partial charge in [0.05, 0.1) is 6.04 Å². The number of anilines is 1. The van der Waals surface area contributed by atoms with Gasteiger partial charge in [-0.1, -0.05) is 0 Å². The van der Waals surface area contributed by atoms with Crippen LogP contribution in [0.25, 0.3) is 0 Å². The zero-order valence-corrected chi connectivity index (χ0v) is 10.7. The number of nitriles is 1. The van der Waals surface area contributed by atoms with Crippen LogP contribution in [-0.2, 0) is 0 Å². The predicted molar refractivity (Wildman–Crippen MR) is 67.9 cm³/mol. The van der Waals surface area contributed by atoms with Crippen LogP contribution < -0.4 is 5.32 Å². The second kappa shape index (κ2) is 5.41. The van der Waals surface area contributed by atoms with Crippen LogP contribution in [0.15, 0.2) is 17.6 Å². The summed E-state index contributed by atoms with van der Waals surface area (Å²) in [7, 11) is 0. The van der Waals surface area contributed by atoms with Crippen LogP contribution >= 0.6 is 11.3 Å². The van der Waals surface area contributed by atoms with Gasteiger partial charge in [-0.15, -0.1) is 11.3 Å². The first kappa shape index (κ1) is 12.9. The molecule has 8 heteroatoms. The summed E-state index contributed by atoms with van der Waals surface area (Å²) in [5.74, 6) is -0.754. The van der Waals surface area contributed by atoms with Crippen molar-refractivity contribution < 1.29 is 9.90 Å². The van der Waals surface area contributed by atoms with Crippen LogP contribution in [0.3, 0.4) is 0 Å². The van der Waals surface area contributed by atoms with E-state index < -0.39 is 5.97 Å². The van der Waals surface area contributed by atoms with Gasteiger partial charge in [-0.3, -0.25) is 0 Å². The summed E-state index contributed by atoms with van der Waals surface area (Å²) in [5, 5.41) is 22.6. The number of hydrogen-bond donors (Lipinski definition) is 2. The van der Waals surface area contributed by atoms with Crippen molar-refractivity contribution in [3.8, 4) is 6.07 Å². The molecule has 0 bridgehead atoms. The minimum absolute atomic E-state index is 0.0142. The number of hydrogen-bond acceptors (Lipinski definition) is 7. The lowest BCUT2D eigenvalue weighted by Gasteiger charge is -2.10. The average molecular weight is 275 g/mol. The SMILES string of the molecule is CC(Nc1nccc(C#N)n1)c1nc(C(=O)O)cs1. The number of nitrogens with zero attached hydrogens (tertiary/aromatic N) is 4. The Morgan fingerprint density at radius 3 is 3.00 bits per heavy atom. The maximum absolute atomic E-state index is 10.7. The molecular formula is C11H9N5O2S. The lowest BCUT2D eigenvalue weighted by atomic mass is 10.3. The maximum atomic E-state index is 10.7. The lowest BCUT2D eigenvalue weighted by Crippen LogP contribution is -2.10. The van der Waals surface area contributed by atoms with Crippen molar-refractivity contribution in [1.82, 2.24) is 15.0 Å². The zero-order chi connectivity index (χ0) is 13.8. The molecule has 1 unspecified atom stereocenters. The fraction of sp³-hybridized carbons (Fsp3) is 0.182. The van der Waals surface area contributed by atoms with Crippen molar-refractivity contribution >= 4 is 23.3 Å². The van der Waals surface area contributed by atoms with E-state index in [0.717, 1.165) is 0 Å². The summed E-state index contributed by atoms with van der Waals surface area (Å²) in [6.45, 7) is 1.81. The summed E-state index contributed by atoms with van der Waals surface area (Å²) in [5.41, 5.74) is 0.274. The second-order valence-electron chi connectivity index (χ2n) is 3.62. The first-order valence-electron chi connectivity index (χ1n) is 5.28.